The Hall–Kier alpha value is -2.59. The average Bonchev–Trinajstić information content (AvgIpc) is 3.38. The average molecular weight is 369 g/mol. The monoisotopic (exact) mass is 369 g/mol. The fourth-order valence-corrected chi connectivity index (χ4v) is 3.75. The normalized spacial score (nSPS) is 31.7. The van der Waals surface area contributed by atoms with Crippen molar-refractivity contribution in [2.24, 2.45) is 9.98 Å². The summed E-state index contributed by atoms with van der Waals surface area (Å²) in [4.78, 5) is 15.7. The van der Waals surface area contributed by atoms with E-state index < -0.39 is 24.5 Å². The van der Waals surface area contributed by atoms with Gasteiger partial charge in [0.25, 0.3) is 0 Å². The van der Waals surface area contributed by atoms with Gasteiger partial charge >= 0.3 is 0 Å². The first-order valence-electron chi connectivity index (χ1n) is 8.80. The number of hydrogen-bond donors (Lipinski definition) is 3. The van der Waals surface area contributed by atoms with Crippen molar-refractivity contribution in [1.29, 1.82) is 0 Å². The van der Waals surface area contributed by atoms with E-state index in [9.17, 15) is 15.3 Å². The highest BCUT2D eigenvalue weighted by Crippen LogP contribution is 2.37. The molecule has 5 atom stereocenters. The summed E-state index contributed by atoms with van der Waals surface area (Å²) in [7, 11) is 0. The molecule has 9 heteroatoms. The van der Waals surface area contributed by atoms with Crippen LogP contribution in [0, 0.1) is 0 Å². The molecular weight excluding hydrogens is 350 g/mol. The standard InChI is InChI=1S/C18H19N5O4/c24-7-12-14(25)15(26)18(27-12)23-9-19-13-16(23)20-8-22-6-11(21-17(13)22)10-4-2-1-3-5-10/h1-5,8-9,11-12,14-15,18,24-26H,6-7H2/t11-,12+,14+,15+,18+/m0/s1. The molecule has 0 amide bonds. The lowest BCUT2D eigenvalue weighted by atomic mass is 10.1. The Morgan fingerprint density at radius 3 is 2.70 bits per heavy atom. The van der Waals surface area contributed by atoms with E-state index in [-0.39, 0.29) is 12.6 Å². The summed E-state index contributed by atoms with van der Waals surface area (Å²) in [5.41, 5.74) is 1.73. The molecular formula is C18H19N5O4. The maximum atomic E-state index is 10.3. The zero-order valence-corrected chi connectivity index (χ0v) is 14.3. The van der Waals surface area contributed by atoms with E-state index in [2.05, 4.69) is 9.98 Å². The predicted octanol–water partition coefficient (Wildman–Crippen LogP) is -0.0285. The zero-order valence-electron chi connectivity index (χ0n) is 14.3. The van der Waals surface area contributed by atoms with Crippen molar-refractivity contribution in [3.05, 3.63) is 47.9 Å². The number of aromatic nitrogens is 2. The van der Waals surface area contributed by atoms with Gasteiger partial charge in [-0.2, -0.15) is 0 Å². The van der Waals surface area contributed by atoms with Gasteiger partial charge in [-0.25, -0.2) is 9.98 Å². The summed E-state index contributed by atoms with van der Waals surface area (Å²) in [5.74, 6) is 1.23. The van der Waals surface area contributed by atoms with E-state index in [4.69, 9.17) is 9.73 Å². The molecule has 1 fully saturated rings. The van der Waals surface area contributed by atoms with Crippen molar-refractivity contribution in [3.8, 4) is 0 Å². The quantitative estimate of drug-likeness (QED) is 0.700. The second-order valence-corrected chi connectivity index (χ2v) is 6.83. The van der Waals surface area contributed by atoms with Crippen molar-refractivity contribution >= 4 is 18.0 Å². The third-order valence-electron chi connectivity index (χ3n) is 5.19. The summed E-state index contributed by atoms with van der Waals surface area (Å²) in [5, 5.41) is 29.6. The van der Waals surface area contributed by atoms with Gasteiger partial charge < -0.3 is 25.0 Å². The van der Waals surface area contributed by atoms with Crippen LogP contribution in [0.15, 0.2) is 46.6 Å². The first-order chi connectivity index (χ1) is 13.2. The molecule has 3 aliphatic heterocycles. The van der Waals surface area contributed by atoms with Crippen LogP contribution < -0.4 is 0 Å². The van der Waals surface area contributed by atoms with E-state index >= 15 is 0 Å². The number of fused-ring (bicyclic) bond motifs is 3. The summed E-state index contributed by atoms with van der Waals surface area (Å²) in [6.07, 6.45) is -0.861. The molecule has 3 N–H and O–H groups in total. The first-order valence-corrected chi connectivity index (χ1v) is 8.80. The van der Waals surface area contributed by atoms with Crippen molar-refractivity contribution < 1.29 is 20.1 Å². The molecule has 140 valence electrons. The highest BCUT2D eigenvalue weighted by Gasteiger charge is 2.45. The van der Waals surface area contributed by atoms with Gasteiger partial charge in [-0.15, -0.1) is 0 Å². The molecule has 0 radical (unpaired) electrons. The molecule has 0 aliphatic carbocycles. The van der Waals surface area contributed by atoms with E-state index in [1.807, 2.05) is 35.2 Å². The minimum Gasteiger partial charge on any atom is -0.394 e. The van der Waals surface area contributed by atoms with Crippen LogP contribution in [0.3, 0.4) is 0 Å². The number of benzene rings is 1. The summed E-state index contributed by atoms with van der Waals surface area (Å²) in [6.45, 7) is 0.303. The highest BCUT2D eigenvalue weighted by atomic mass is 16.6. The Balaban J connectivity index is 1.49. The molecule has 0 saturated carbocycles. The number of nitrogens with zero attached hydrogens (tertiary/aromatic N) is 5. The molecule has 4 heterocycles. The second kappa shape index (κ2) is 6.24. The first kappa shape index (κ1) is 16.6. The Morgan fingerprint density at radius 2 is 1.96 bits per heavy atom. The van der Waals surface area contributed by atoms with Gasteiger partial charge in [0.2, 0.25) is 0 Å². The molecule has 1 saturated heterocycles. The molecule has 27 heavy (non-hydrogen) atoms. The predicted molar refractivity (Wildman–Crippen MR) is 95.8 cm³/mol. The maximum absolute atomic E-state index is 10.3. The summed E-state index contributed by atoms with van der Waals surface area (Å²) in [6, 6.07) is 10.0. The number of amidine groups is 1. The lowest BCUT2D eigenvalue weighted by molar-refractivity contribution is -0.0519. The van der Waals surface area contributed by atoms with Crippen LogP contribution in [0.5, 0.6) is 0 Å². The van der Waals surface area contributed by atoms with E-state index in [0.29, 0.717) is 18.1 Å². The lowest BCUT2D eigenvalue weighted by Crippen LogP contribution is -2.33. The molecule has 3 aliphatic rings. The van der Waals surface area contributed by atoms with Gasteiger partial charge in [0.1, 0.15) is 18.3 Å². The number of imidazole rings is 1. The third-order valence-corrected chi connectivity index (χ3v) is 5.19. The Labute approximate surface area is 154 Å². The lowest BCUT2D eigenvalue weighted by Gasteiger charge is -2.21. The SMILES string of the molecule is OC[C@H]1O[C@@H](n2cnc3c2N=CN2C[C@@H](c4ccccc4)N=C32)[C@H](O)[C@@H]1O. The van der Waals surface area contributed by atoms with E-state index in [0.717, 1.165) is 11.4 Å². The van der Waals surface area contributed by atoms with E-state index in [1.165, 1.54) is 6.33 Å². The van der Waals surface area contributed by atoms with Gasteiger partial charge in [-0.3, -0.25) is 9.56 Å². The van der Waals surface area contributed by atoms with Crippen LogP contribution in [-0.4, -0.2) is 73.4 Å². The number of ether oxygens (including phenoxy) is 1. The van der Waals surface area contributed by atoms with E-state index in [1.54, 1.807) is 10.9 Å². The minimum atomic E-state index is -1.18. The van der Waals surface area contributed by atoms with Gasteiger partial charge in [-0.05, 0) is 5.56 Å². The fraction of sp³-hybridized carbons (Fsp3) is 0.389. The molecule has 2 aromatic rings. The highest BCUT2D eigenvalue weighted by molar-refractivity contribution is 6.09. The number of aliphatic hydroxyl groups excluding tert-OH is 3. The zero-order chi connectivity index (χ0) is 18.5. The maximum Gasteiger partial charge on any atom is 0.167 e. The molecule has 5 rings (SSSR count). The summed E-state index contributed by atoms with van der Waals surface area (Å²) >= 11 is 0. The fourth-order valence-electron chi connectivity index (χ4n) is 3.75. The number of aliphatic hydroxyl groups is 3. The molecule has 0 bridgehead atoms. The van der Waals surface area contributed by atoms with Crippen LogP contribution in [0.1, 0.15) is 23.5 Å². The number of rotatable bonds is 3. The van der Waals surface area contributed by atoms with Gasteiger partial charge in [-0.1, -0.05) is 30.3 Å². The summed E-state index contributed by atoms with van der Waals surface area (Å²) < 4.78 is 7.17. The topological polar surface area (TPSA) is 116 Å². The molecule has 1 aromatic carbocycles. The number of hydrogen-bond acceptors (Lipinski definition) is 8. The van der Waals surface area contributed by atoms with Crippen LogP contribution in [0.2, 0.25) is 0 Å². The second-order valence-electron chi connectivity index (χ2n) is 6.83. The molecule has 0 spiro atoms. The smallest absolute Gasteiger partial charge is 0.167 e. The van der Waals surface area contributed by atoms with Gasteiger partial charge in [0, 0.05) is 0 Å². The third kappa shape index (κ3) is 2.51. The Morgan fingerprint density at radius 1 is 1.15 bits per heavy atom. The Kier molecular flexibility index (Phi) is 3.83. The van der Waals surface area contributed by atoms with Crippen LogP contribution in [0.4, 0.5) is 5.82 Å². The molecule has 1 aromatic heterocycles. The molecule has 0 unspecified atom stereocenters. The largest absolute Gasteiger partial charge is 0.394 e. The van der Waals surface area contributed by atoms with Crippen molar-refractivity contribution in [1.82, 2.24) is 14.5 Å². The Bertz CT molecular complexity index is 912. The van der Waals surface area contributed by atoms with Gasteiger partial charge in [0.15, 0.2) is 23.6 Å². The number of aliphatic imine (C=N–C) groups is 2. The van der Waals surface area contributed by atoms with Crippen molar-refractivity contribution in [3.63, 3.8) is 0 Å². The minimum absolute atomic E-state index is 0.00216. The van der Waals surface area contributed by atoms with Crippen LogP contribution in [0.25, 0.3) is 0 Å². The van der Waals surface area contributed by atoms with Crippen LogP contribution >= 0.6 is 0 Å². The van der Waals surface area contributed by atoms with Crippen molar-refractivity contribution in [2.45, 2.75) is 30.6 Å². The molecule has 9 nitrogen and oxygen atoms in total. The van der Waals surface area contributed by atoms with Gasteiger partial charge in [0.05, 0.1) is 31.9 Å². The van der Waals surface area contributed by atoms with Crippen molar-refractivity contribution in [2.75, 3.05) is 13.2 Å². The van der Waals surface area contributed by atoms with Crippen LogP contribution in [-0.2, 0) is 4.74 Å².